The average molecular weight is 940 g/mol. The Labute approximate surface area is 387 Å². The number of H-pyrrole nitrogens is 1. The van der Waals surface area contributed by atoms with E-state index in [2.05, 4.69) is 47.5 Å². The van der Waals surface area contributed by atoms with Gasteiger partial charge in [-0.15, -0.1) is 0 Å². The molecule has 66 heavy (non-hydrogen) atoms. The number of urea groups is 1. The highest BCUT2D eigenvalue weighted by Gasteiger charge is 2.42. The van der Waals surface area contributed by atoms with E-state index in [0.29, 0.717) is 36.6 Å². The molecule has 0 radical (unpaired) electrons. The van der Waals surface area contributed by atoms with Gasteiger partial charge >= 0.3 is 6.03 Å². The molecule has 0 spiro atoms. The molecule has 22 heteroatoms. The van der Waals surface area contributed by atoms with E-state index in [1.54, 1.807) is 11.7 Å². The van der Waals surface area contributed by atoms with Crippen LogP contribution in [-0.2, 0) is 44.8 Å². The molecule has 10 amide bonds. The van der Waals surface area contributed by atoms with Gasteiger partial charge in [0.1, 0.15) is 18.1 Å². The second-order valence-corrected chi connectivity index (χ2v) is 18.6. The Balaban J connectivity index is 1.03. The largest absolute Gasteiger partial charge is 0.368 e. The number of fused-ring (bicyclic) bond motifs is 2. The maximum absolute atomic E-state index is 13.6. The number of amides is 10. The van der Waals surface area contributed by atoms with Crippen LogP contribution in [0.25, 0.3) is 10.9 Å². The summed E-state index contributed by atoms with van der Waals surface area (Å²) in [5.41, 5.74) is 8.61. The van der Waals surface area contributed by atoms with Gasteiger partial charge in [0.05, 0.1) is 25.2 Å². The standard InChI is InChI=1S/C44H65N11O10S/c1-25(50-42(62)29(20-36(57)55-65)26-11-3-2-4-12-26)41(61)52-32(19-27-21-47-30-14-6-5-13-28(27)30)43(63)49-22-37(58)48-23-38(59)51-31(40(45)60)15-9-10-18-46-35(56)17-8-7-16-34-39-33(24-66-34)53-44(64)54-39/h5-6,13-14,21,25-26,29,31-34,39,47,65H,2-4,7-12,15-20,22-24H2,1H3,(H2,45,60)(H,46,56)(H,48,58)(H,49,63)(H,50,62)(H,51,59)(H,52,61)(H,55,57)(H2,53,54,64)/t25-,29?,31-,32-,33-,34-,39-/m0/s1. The van der Waals surface area contributed by atoms with Crippen molar-refractivity contribution in [2.45, 2.75) is 132 Å². The van der Waals surface area contributed by atoms with Crippen molar-refractivity contribution in [1.29, 1.82) is 0 Å². The Morgan fingerprint density at radius 2 is 1.56 bits per heavy atom. The number of aromatic nitrogens is 1. The topological polar surface area (TPSA) is 324 Å². The molecule has 3 aliphatic rings. The number of unbranched alkanes of at least 4 members (excludes halogenated alkanes) is 2. The van der Waals surface area contributed by atoms with Crippen LogP contribution in [0.3, 0.4) is 0 Å². The van der Waals surface area contributed by atoms with E-state index in [4.69, 9.17) is 10.9 Å². The Kier molecular flexibility index (Phi) is 19.9. The smallest absolute Gasteiger partial charge is 0.315 e. The quantitative estimate of drug-likeness (QED) is 0.0258. The van der Waals surface area contributed by atoms with E-state index in [-0.39, 0.29) is 49.2 Å². The molecule has 7 atom stereocenters. The third kappa shape index (κ3) is 15.6. The molecule has 1 unspecified atom stereocenters. The van der Waals surface area contributed by atoms with Gasteiger partial charge in [-0.05, 0) is 69.4 Å². The molecule has 2 aliphatic heterocycles. The maximum Gasteiger partial charge on any atom is 0.315 e. The van der Waals surface area contributed by atoms with Gasteiger partial charge in [-0.3, -0.25) is 43.6 Å². The molecular weight excluding hydrogens is 875 g/mol. The Morgan fingerprint density at radius 3 is 2.32 bits per heavy atom. The van der Waals surface area contributed by atoms with E-state index in [0.717, 1.165) is 68.0 Å². The third-order valence-electron chi connectivity index (χ3n) is 12.4. The summed E-state index contributed by atoms with van der Waals surface area (Å²) in [6, 6.07) is 4.21. The second kappa shape index (κ2) is 25.7. The molecule has 1 aromatic heterocycles. The van der Waals surface area contributed by atoms with Crippen LogP contribution in [0.4, 0.5) is 4.79 Å². The van der Waals surface area contributed by atoms with Crippen molar-refractivity contribution >= 4 is 76.0 Å². The van der Waals surface area contributed by atoms with E-state index in [9.17, 15) is 43.2 Å². The van der Waals surface area contributed by atoms with Gasteiger partial charge in [0.25, 0.3) is 0 Å². The van der Waals surface area contributed by atoms with Crippen molar-refractivity contribution < 1.29 is 48.4 Å². The van der Waals surface area contributed by atoms with Crippen LogP contribution < -0.4 is 53.7 Å². The lowest BCUT2D eigenvalue weighted by atomic mass is 9.78. The highest BCUT2D eigenvalue weighted by molar-refractivity contribution is 8.00. The maximum atomic E-state index is 13.6. The van der Waals surface area contributed by atoms with E-state index in [1.165, 1.54) is 6.92 Å². The van der Waals surface area contributed by atoms with Gasteiger partial charge in [0.15, 0.2) is 0 Å². The number of hydroxylamine groups is 1. The third-order valence-corrected chi connectivity index (χ3v) is 13.9. The number of rotatable bonds is 26. The van der Waals surface area contributed by atoms with Crippen molar-refractivity contribution in [1.82, 2.24) is 53.0 Å². The van der Waals surface area contributed by atoms with Crippen LogP contribution in [0.1, 0.15) is 96.0 Å². The molecular formula is C44H65N11O10S. The Hall–Kier alpha value is -5.90. The number of aromatic amines is 1. The number of carbonyl (C=O) groups excluding carboxylic acids is 9. The van der Waals surface area contributed by atoms with Crippen molar-refractivity contribution in [3.63, 3.8) is 0 Å². The van der Waals surface area contributed by atoms with Crippen LogP contribution in [-0.4, -0.2) is 124 Å². The predicted molar refractivity (Wildman–Crippen MR) is 244 cm³/mol. The van der Waals surface area contributed by atoms with Crippen LogP contribution in [0.15, 0.2) is 30.5 Å². The van der Waals surface area contributed by atoms with Crippen molar-refractivity contribution in [2.24, 2.45) is 17.6 Å². The molecule has 5 rings (SSSR count). The minimum absolute atomic E-state index is 0.0109. The lowest BCUT2D eigenvalue weighted by molar-refractivity contribution is -0.138. The van der Waals surface area contributed by atoms with Crippen LogP contribution in [0, 0.1) is 11.8 Å². The lowest BCUT2D eigenvalue weighted by Gasteiger charge is -2.30. The zero-order valence-corrected chi connectivity index (χ0v) is 38.2. The first-order chi connectivity index (χ1) is 31.7. The number of primary amides is 1. The molecule has 1 aliphatic carbocycles. The molecule has 1 saturated carbocycles. The van der Waals surface area contributed by atoms with Gasteiger partial charge in [0, 0.05) is 59.8 Å². The molecule has 0 bridgehead atoms. The van der Waals surface area contributed by atoms with Crippen molar-refractivity contribution in [2.75, 3.05) is 25.4 Å². The number of nitrogens with one attached hydrogen (secondary N) is 10. The number of carbonyl (C=O) groups is 9. The monoisotopic (exact) mass is 939 g/mol. The van der Waals surface area contributed by atoms with Gasteiger partial charge in [0.2, 0.25) is 47.3 Å². The van der Waals surface area contributed by atoms with E-state index in [1.807, 2.05) is 36.0 Å². The predicted octanol–water partition coefficient (Wildman–Crippen LogP) is 0.00670. The van der Waals surface area contributed by atoms with E-state index >= 15 is 0 Å². The van der Waals surface area contributed by atoms with Crippen LogP contribution in [0.2, 0.25) is 0 Å². The highest BCUT2D eigenvalue weighted by Crippen LogP contribution is 2.34. The Morgan fingerprint density at radius 1 is 0.803 bits per heavy atom. The summed E-state index contributed by atoms with van der Waals surface area (Å²) >= 11 is 1.84. The van der Waals surface area contributed by atoms with Gasteiger partial charge < -0.3 is 53.3 Å². The summed E-state index contributed by atoms with van der Waals surface area (Å²) in [6.45, 7) is 0.759. The highest BCUT2D eigenvalue weighted by atomic mass is 32.2. The van der Waals surface area contributed by atoms with Gasteiger partial charge in [-0.1, -0.05) is 43.9 Å². The lowest BCUT2D eigenvalue weighted by Crippen LogP contribution is -2.55. The summed E-state index contributed by atoms with van der Waals surface area (Å²) in [7, 11) is 0. The summed E-state index contributed by atoms with van der Waals surface area (Å²) in [5.74, 6) is -4.88. The molecule has 1 aromatic carbocycles. The number of para-hydroxylation sites is 1. The minimum atomic E-state index is -1.21. The fourth-order valence-electron chi connectivity index (χ4n) is 8.79. The van der Waals surface area contributed by atoms with Gasteiger partial charge in [-0.25, -0.2) is 10.3 Å². The molecule has 3 fully saturated rings. The number of nitrogens with two attached hydrogens (primary N) is 1. The number of hydrogen-bond acceptors (Lipinski definition) is 11. The van der Waals surface area contributed by atoms with Gasteiger partial charge in [-0.2, -0.15) is 11.8 Å². The molecule has 21 nitrogen and oxygen atoms in total. The number of benzene rings is 1. The normalized spacial score (nSPS) is 19.7. The Bertz CT molecular complexity index is 2050. The summed E-state index contributed by atoms with van der Waals surface area (Å²) in [4.78, 5) is 117. The van der Waals surface area contributed by atoms with E-state index < -0.39 is 78.5 Å². The SMILES string of the molecule is C[C@H](NC(=O)C(CC(=O)NO)C1CCCCC1)C(=O)N[C@@H](Cc1c[nH]c2ccccc12)C(=O)NCC(=O)NCC(=O)N[C@@H](CCCCNC(=O)CCCC[C@@H]1SC[C@@H]2NC(=O)N[C@@H]21)C(N)=O. The van der Waals surface area contributed by atoms with Crippen molar-refractivity contribution in [3.05, 3.63) is 36.0 Å². The minimum Gasteiger partial charge on any atom is -0.368 e. The summed E-state index contributed by atoms with van der Waals surface area (Å²) < 4.78 is 0. The first-order valence-corrected chi connectivity index (χ1v) is 23.9. The molecule has 2 aromatic rings. The first-order valence-electron chi connectivity index (χ1n) is 22.9. The molecule has 13 N–H and O–H groups in total. The van der Waals surface area contributed by atoms with Crippen LogP contribution >= 0.6 is 11.8 Å². The number of thioether (sulfide) groups is 1. The number of hydrogen-bond donors (Lipinski definition) is 12. The fourth-order valence-corrected chi connectivity index (χ4v) is 10.3. The average Bonchev–Trinajstić information content (AvgIpc) is 4.01. The van der Waals surface area contributed by atoms with Crippen LogP contribution in [0.5, 0.6) is 0 Å². The zero-order chi connectivity index (χ0) is 47.6. The van der Waals surface area contributed by atoms with Crippen molar-refractivity contribution in [3.8, 4) is 0 Å². The fraction of sp³-hybridized carbons (Fsp3) is 0.614. The second-order valence-electron chi connectivity index (χ2n) is 17.3. The summed E-state index contributed by atoms with van der Waals surface area (Å²) in [5, 5.41) is 31.8. The summed E-state index contributed by atoms with van der Waals surface area (Å²) in [6.07, 6.45) is 9.85. The first kappa shape index (κ1) is 51.1. The molecule has 3 heterocycles. The molecule has 2 saturated heterocycles. The molecule has 362 valence electrons. The zero-order valence-electron chi connectivity index (χ0n) is 37.3.